The molecular formula is C43H43BN2O. The predicted molar refractivity (Wildman–Crippen MR) is 197 cm³/mol. The molecule has 0 bridgehead atoms. The van der Waals surface area contributed by atoms with Gasteiger partial charge < -0.3 is 10.1 Å². The lowest BCUT2D eigenvalue weighted by atomic mass is 9.34. The summed E-state index contributed by atoms with van der Waals surface area (Å²) < 4.78 is 6.65. The van der Waals surface area contributed by atoms with Crippen LogP contribution in [0.3, 0.4) is 0 Å². The third kappa shape index (κ3) is 4.03. The molecule has 0 spiro atoms. The van der Waals surface area contributed by atoms with Gasteiger partial charge in [0.25, 0.3) is 6.71 Å². The van der Waals surface area contributed by atoms with E-state index in [1.165, 1.54) is 55.4 Å². The van der Waals surface area contributed by atoms with Gasteiger partial charge in [0.1, 0.15) is 5.75 Å². The molecule has 47 heavy (non-hydrogen) atoms. The van der Waals surface area contributed by atoms with E-state index in [0.717, 1.165) is 35.4 Å². The largest absolute Gasteiger partial charge is 0.440 e. The Morgan fingerprint density at radius 1 is 0.617 bits per heavy atom. The van der Waals surface area contributed by atoms with Crippen LogP contribution in [-0.4, -0.2) is 11.7 Å². The van der Waals surface area contributed by atoms with Gasteiger partial charge in [-0.05, 0) is 108 Å². The molecule has 4 aliphatic rings. The zero-order valence-corrected chi connectivity index (χ0v) is 28.9. The van der Waals surface area contributed by atoms with Crippen LogP contribution in [0.5, 0.6) is 11.6 Å². The fraction of sp³-hybridized carbons (Fsp3) is 0.326. The highest BCUT2D eigenvalue weighted by Gasteiger charge is 2.45. The third-order valence-corrected chi connectivity index (χ3v) is 11.7. The normalized spacial score (nSPS) is 19.4. The molecule has 0 saturated heterocycles. The van der Waals surface area contributed by atoms with Crippen LogP contribution in [0, 0.1) is 0 Å². The molecule has 5 aromatic rings. The summed E-state index contributed by atoms with van der Waals surface area (Å²) in [6.07, 6.45) is 4.16. The van der Waals surface area contributed by atoms with Gasteiger partial charge in [-0.1, -0.05) is 116 Å². The maximum absolute atomic E-state index is 6.65. The van der Waals surface area contributed by atoms with Gasteiger partial charge in [0, 0.05) is 23.0 Å². The second kappa shape index (κ2) is 9.19. The molecule has 0 amide bonds. The van der Waals surface area contributed by atoms with E-state index < -0.39 is 0 Å². The molecule has 0 fully saturated rings. The summed E-state index contributed by atoms with van der Waals surface area (Å²) in [7, 11) is 0. The molecule has 9 rings (SSSR count). The molecule has 3 nitrogen and oxygen atoms in total. The standard InChI is InChI=1S/C43H43BN2O/c1-40(2)23-42(5,6)36-27(11-9-13-29(36)40)25-15-17-31-34(21-25)46-33-19-20-45-39-38(33)44(31)32-18-16-26(22-35(32)47-39)28-12-10-14-30-37(28)43(7,8)24-41(30,3)4/h9-22,46H,23-24H2,1-8H3. The first-order valence-electron chi connectivity index (χ1n) is 17.3. The highest BCUT2D eigenvalue weighted by Crippen LogP contribution is 2.54. The van der Waals surface area contributed by atoms with E-state index in [1.807, 2.05) is 6.20 Å². The zero-order chi connectivity index (χ0) is 32.7. The Labute approximate surface area is 279 Å². The quantitative estimate of drug-likeness (QED) is 0.197. The first-order valence-corrected chi connectivity index (χ1v) is 17.3. The van der Waals surface area contributed by atoms with Crippen molar-refractivity contribution in [1.29, 1.82) is 0 Å². The maximum Gasteiger partial charge on any atom is 0.258 e. The Bertz CT molecular complexity index is 2020. The van der Waals surface area contributed by atoms with E-state index in [0.29, 0.717) is 5.88 Å². The van der Waals surface area contributed by atoms with Crippen molar-refractivity contribution in [3.8, 4) is 33.9 Å². The fourth-order valence-electron chi connectivity index (χ4n) is 10.5. The summed E-state index contributed by atoms with van der Waals surface area (Å²) in [4.78, 5) is 4.76. The van der Waals surface area contributed by atoms with E-state index in [4.69, 9.17) is 9.72 Å². The summed E-state index contributed by atoms with van der Waals surface area (Å²) in [5, 5.41) is 3.79. The number of benzene rings is 4. The van der Waals surface area contributed by atoms with Crippen LogP contribution in [0.2, 0.25) is 0 Å². The van der Waals surface area contributed by atoms with Gasteiger partial charge in [-0.3, -0.25) is 0 Å². The van der Waals surface area contributed by atoms with Crippen molar-refractivity contribution in [1.82, 2.24) is 4.98 Å². The minimum Gasteiger partial charge on any atom is -0.440 e. The summed E-state index contributed by atoms with van der Waals surface area (Å²) >= 11 is 0. The van der Waals surface area contributed by atoms with Gasteiger partial charge in [-0.25, -0.2) is 4.98 Å². The number of fused-ring (bicyclic) bond motifs is 6. The van der Waals surface area contributed by atoms with Gasteiger partial charge in [0.2, 0.25) is 5.88 Å². The van der Waals surface area contributed by atoms with Crippen LogP contribution in [0.4, 0.5) is 11.4 Å². The number of rotatable bonds is 2. The van der Waals surface area contributed by atoms with Crippen LogP contribution in [0.1, 0.15) is 90.5 Å². The summed E-state index contributed by atoms with van der Waals surface area (Å²) in [6, 6.07) is 29.8. The number of anilines is 2. The molecule has 1 aromatic heterocycles. The summed E-state index contributed by atoms with van der Waals surface area (Å²) in [5.74, 6) is 1.60. The van der Waals surface area contributed by atoms with Crippen LogP contribution in [-0.2, 0) is 21.7 Å². The molecule has 0 radical (unpaired) electrons. The van der Waals surface area contributed by atoms with Crippen molar-refractivity contribution in [3.05, 3.63) is 107 Å². The second-order valence-electron chi connectivity index (χ2n) is 17.1. The minimum atomic E-state index is 0.0468. The van der Waals surface area contributed by atoms with Crippen LogP contribution < -0.4 is 26.4 Å². The van der Waals surface area contributed by atoms with E-state index >= 15 is 0 Å². The molecule has 2 aliphatic carbocycles. The van der Waals surface area contributed by atoms with Gasteiger partial charge in [-0.15, -0.1) is 0 Å². The number of nitrogens with one attached hydrogen (secondary N) is 1. The monoisotopic (exact) mass is 614 g/mol. The Morgan fingerprint density at radius 2 is 1.19 bits per heavy atom. The maximum atomic E-state index is 6.65. The Morgan fingerprint density at radius 3 is 1.81 bits per heavy atom. The van der Waals surface area contributed by atoms with Gasteiger partial charge >= 0.3 is 0 Å². The van der Waals surface area contributed by atoms with Crippen molar-refractivity contribution >= 4 is 34.5 Å². The predicted octanol–water partition coefficient (Wildman–Crippen LogP) is 9.01. The third-order valence-electron chi connectivity index (χ3n) is 11.7. The number of pyridine rings is 1. The molecule has 1 N–H and O–H groups in total. The van der Waals surface area contributed by atoms with E-state index in [-0.39, 0.29) is 28.4 Å². The van der Waals surface area contributed by atoms with E-state index in [9.17, 15) is 0 Å². The molecule has 0 saturated carbocycles. The lowest BCUT2D eigenvalue weighted by molar-refractivity contribution is 0.403. The van der Waals surface area contributed by atoms with Gasteiger partial charge in [0.05, 0.1) is 0 Å². The summed E-state index contributed by atoms with van der Waals surface area (Å²) in [5.41, 5.74) is 17.4. The van der Waals surface area contributed by atoms with E-state index in [1.54, 1.807) is 0 Å². The van der Waals surface area contributed by atoms with Crippen molar-refractivity contribution in [3.63, 3.8) is 0 Å². The number of hydrogen-bond donors (Lipinski definition) is 1. The number of hydrogen-bond acceptors (Lipinski definition) is 3. The second-order valence-corrected chi connectivity index (χ2v) is 17.1. The van der Waals surface area contributed by atoms with E-state index in [2.05, 4.69) is 140 Å². The lowest BCUT2D eigenvalue weighted by Gasteiger charge is -2.33. The molecular weight excluding hydrogens is 571 g/mol. The Kier molecular flexibility index (Phi) is 5.65. The molecule has 234 valence electrons. The van der Waals surface area contributed by atoms with Crippen LogP contribution >= 0.6 is 0 Å². The highest BCUT2D eigenvalue weighted by molar-refractivity contribution is 6.99. The SMILES string of the molecule is CC1(C)CC(C)(C)c2c(-c3ccc4c(c3)Nc3ccnc5c3B4c3ccc(-c4cccc6c4C(C)(C)CC6(C)C)cc3O5)cccc21. The molecule has 0 unspecified atom stereocenters. The van der Waals surface area contributed by atoms with Gasteiger partial charge in [-0.2, -0.15) is 0 Å². The Hall–Kier alpha value is -4.31. The first kappa shape index (κ1) is 28.9. The van der Waals surface area contributed by atoms with Crippen LogP contribution in [0.25, 0.3) is 22.3 Å². The molecule has 2 aliphatic heterocycles. The molecule has 4 heteroatoms. The summed E-state index contributed by atoms with van der Waals surface area (Å²) in [6.45, 7) is 19.2. The number of nitrogens with zero attached hydrogens (tertiary/aromatic N) is 1. The molecule has 4 aromatic carbocycles. The lowest BCUT2D eigenvalue weighted by Crippen LogP contribution is -2.58. The van der Waals surface area contributed by atoms with Crippen LogP contribution in [0.15, 0.2) is 85.1 Å². The number of ether oxygens (including phenoxy) is 1. The van der Waals surface area contributed by atoms with Crippen molar-refractivity contribution in [2.45, 2.75) is 89.9 Å². The average Bonchev–Trinajstić information content (AvgIpc) is 3.35. The molecule has 0 atom stereocenters. The van der Waals surface area contributed by atoms with Gasteiger partial charge in [0.15, 0.2) is 0 Å². The first-order chi connectivity index (χ1) is 22.3. The fourth-order valence-corrected chi connectivity index (χ4v) is 10.5. The van der Waals surface area contributed by atoms with Crippen molar-refractivity contribution in [2.24, 2.45) is 0 Å². The number of aromatic nitrogens is 1. The average molecular weight is 615 g/mol. The molecule has 3 heterocycles. The smallest absolute Gasteiger partial charge is 0.258 e. The van der Waals surface area contributed by atoms with Crippen molar-refractivity contribution < 1.29 is 4.74 Å². The topological polar surface area (TPSA) is 34.2 Å². The Balaban J connectivity index is 1.18. The zero-order valence-electron chi connectivity index (χ0n) is 28.9. The minimum absolute atomic E-state index is 0.0468. The van der Waals surface area contributed by atoms with Crippen molar-refractivity contribution in [2.75, 3.05) is 5.32 Å². The highest BCUT2D eigenvalue weighted by atomic mass is 16.5.